The molecule has 0 aliphatic rings. The third-order valence-corrected chi connectivity index (χ3v) is 3.60. The van der Waals surface area contributed by atoms with E-state index in [-0.39, 0.29) is 5.75 Å². The molecule has 6 heteroatoms. The number of nitrogens with zero attached hydrogens (tertiary/aromatic N) is 3. The Balaban J connectivity index is 1.62. The highest BCUT2D eigenvalue weighted by Gasteiger charge is 2.02. The van der Waals surface area contributed by atoms with Gasteiger partial charge < -0.3 is 9.84 Å². The average Bonchev–Trinajstić information content (AvgIpc) is 2.69. The molecule has 0 aliphatic heterocycles. The average molecular weight is 348 g/mol. The smallest absolute Gasteiger partial charge is 0.243 e. The van der Waals surface area contributed by atoms with Crippen molar-refractivity contribution in [2.24, 2.45) is 5.10 Å². The molecular weight excluding hydrogens is 328 g/mol. The van der Waals surface area contributed by atoms with Gasteiger partial charge in [0.05, 0.1) is 12.8 Å². The Morgan fingerprint density at radius 3 is 2.54 bits per heavy atom. The third kappa shape index (κ3) is 4.57. The molecule has 0 unspecified atom stereocenters. The highest BCUT2D eigenvalue weighted by atomic mass is 16.5. The number of aromatic hydroxyl groups is 1. The molecule has 2 N–H and O–H groups in total. The van der Waals surface area contributed by atoms with Crippen LogP contribution in [0.5, 0.6) is 11.5 Å². The van der Waals surface area contributed by atoms with Crippen molar-refractivity contribution < 1.29 is 9.84 Å². The fourth-order valence-corrected chi connectivity index (χ4v) is 2.27. The fraction of sp³-hybridized carbons (Fsp3) is 0.150. The number of anilines is 1. The lowest BCUT2D eigenvalue weighted by atomic mass is 10.1. The van der Waals surface area contributed by atoms with Gasteiger partial charge in [0, 0.05) is 29.6 Å². The minimum atomic E-state index is 0.101. The molecule has 0 bridgehead atoms. The van der Waals surface area contributed by atoms with E-state index in [2.05, 4.69) is 20.5 Å². The van der Waals surface area contributed by atoms with E-state index in [9.17, 15) is 5.11 Å². The maximum Gasteiger partial charge on any atom is 0.243 e. The quantitative estimate of drug-likeness (QED) is 0.497. The van der Waals surface area contributed by atoms with Gasteiger partial charge in [-0.3, -0.25) is 0 Å². The van der Waals surface area contributed by atoms with Crippen molar-refractivity contribution in [3.05, 3.63) is 66.5 Å². The van der Waals surface area contributed by atoms with Crippen LogP contribution in [-0.4, -0.2) is 27.9 Å². The van der Waals surface area contributed by atoms with Gasteiger partial charge in [-0.1, -0.05) is 37.3 Å². The van der Waals surface area contributed by atoms with Crippen molar-refractivity contribution in [3.8, 4) is 22.6 Å². The summed E-state index contributed by atoms with van der Waals surface area (Å²) in [6.45, 7) is 2.64. The standard InChI is InChI=1S/C20H20N4O2/c1-2-10-26-18-9-8-16(19(25)11-18)14-23-24-20-21-12-17(13-22-20)15-6-4-3-5-7-15/h3-9,11-14,25H,2,10H2,1H3,(H,21,22,24). The number of benzene rings is 2. The molecule has 0 radical (unpaired) electrons. The molecule has 132 valence electrons. The van der Waals surface area contributed by atoms with Crippen molar-refractivity contribution in [2.75, 3.05) is 12.0 Å². The van der Waals surface area contributed by atoms with Gasteiger partial charge in [0.15, 0.2) is 0 Å². The Morgan fingerprint density at radius 2 is 1.85 bits per heavy atom. The lowest BCUT2D eigenvalue weighted by molar-refractivity contribution is 0.315. The zero-order valence-corrected chi connectivity index (χ0v) is 14.5. The summed E-state index contributed by atoms with van der Waals surface area (Å²) in [5.41, 5.74) is 5.31. The van der Waals surface area contributed by atoms with E-state index in [1.807, 2.05) is 37.3 Å². The van der Waals surface area contributed by atoms with Crippen molar-refractivity contribution >= 4 is 12.2 Å². The maximum absolute atomic E-state index is 10.0. The summed E-state index contributed by atoms with van der Waals surface area (Å²) in [4.78, 5) is 8.48. The Labute approximate surface area is 152 Å². The molecule has 3 rings (SSSR count). The molecule has 0 aliphatic carbocycles. The summed E-state index contributed by atoms with van der Waals surface area (Å²) in [7, 11) is 0. The predicted molar refractivity (Wildman–Crippen MR) is 103 cm³/mol. The molecule has 1 heterocycles. The van der Waals surface area contributed by atoms with Gasteiger partial charge in [0.2, 0.25) is 5.95 Å². The molecule has 1 aromatic heterocycles. The first-order chi connectivity index (χ1) is 12.8. The lowest BCUT2D eigenvalue weighted by Gasteiger charge is -2.06. The van der Waals surface area contributed by atoms with E-state index in [0.717, 1.165) is 17.5 Å². The van der Waals surface area contributed by atoms with E-state index in [1.165, 1.54) is 6.21 Å². The number of hydrogen-bond acceptors (Lipinski definition) is 6. The van der Waals surface area contributed by atoms with Gasteiger partial charge in [-0.05, 0) is 24.1 Å². The number of phenols is 1. The second-order valence-electron chi connectivity index (χ2n) is 5.60. The van der Waals surface area contributed by atoms with Gasteiger partial charge in [0.25, 0.3) is 0 Å². The number of hydrazone groups is 1. The van der Waals surface area contributed by atoms with Gasteiger partial charge in [0.1, 0.15) is 11.5 Å². The predicted octanol–water partition coefficient (Wildman–Crippen LogP) is 4.08. The molecule has 0 spiro atoms. The summed E-state index contributed by atoms with van der Waals surface area (Å²) in [5.74, 6) is 1.11. The van der Waals surface area contributed by atoms with Gasteiger partial charge in [-0.25, -0.2) is 15.4 Å². The number of aromatic nitrogens is 2. The lowest BCUT2D eigenvalue weighted by Crippen LogP contribution is -1.97. The van der Waals surface area contributed by atoms with Crippen molar-refractivity contribution in [2.45, 2.75) is 13.3 Å². The summed E-state index contributed by atoms with van der Waals surface area (Å²) in [6.07, 6.45) is 5.89. The van der Waals surface area contributed by atoms with Crippen LogP contribution in [0.3, 0.4) is 0 Å². The van der Waals surface area contributed by atoms with Crippen LogP contribution >= 0.6 is 0 Å². The molecular formula is C20H20N4O2. The van der Waals surface area contributed by atoms with Crippen molar-refractivity contribution in [1.82, 2.24) is 9.97 Å². The molecule has 26 heavy (non-hydrogen) atoms. The third-order valence-electron chi connectivity index (χ3n) is 3.60. The summed E-state index contributed by atoms with van der Waals surface area (Å²) < 4.78 is 5.47. The van der Waals surface area contributed by atoms with E-state index >= 15 is 0 Å². The maximum atomic E-state index is 10.0. The zero-order chi connectivity index (χ0) is 18.2. The molecule has 6 nitrogen and oxygen atoms in total. The highest BCUT2D eigenvalue weighted by Crippen LogP contribution is 2.22. The van der Waals surface area contributed by atoms with E-state index < -0.39 is 0 Å². The first kappa shape index (κ1) is 17.4. The number of nitrogens with one attached hydrogen (secondary N) is 1. The van der Waals surface area contributed by atoms with E-state index in [4.69, 9.17) is 4.74 Å². The van der Waals surface area contributed by atoms with Crippen LogP contribution in [0.25, 0.3) is 11.1 Å². The van der Waals surface area contributed by atoms with Crippen LogP contribution in [0.1, 0.15) is 18.9 Å². The number of rotatable bonds is 7. The topological polar surface area (TPSA) is 79.6 Å². The van der Waals surface area contributed by atoms with E-state index in [0.29, 0.717) is 23.9 Å². The van der Waals surface area contributed by atoms with Gasteiger partial charge in [-0.2, -0.15) is 5.10 Å². The fourth-order valence-electron chi connectivity index (χ4n) is 2.27. The minimum Gasteiger partial charge on any atom is -0.507 e. The van der Waals surface area contributed by atoms with Gasteiger partial charge >= 0.3 is 0 Å². The Kier molecular flexibility index (Phi) is 5.77. The summed E-state index contributed by atoms with van der Waals surface area (Å²) >= 11 is 0. The Morgan fingerprint density at radius 1 is 1.08 bits per heavy atom. The van der Waals surface area contributed by atoms with Crippen molar-refractivity contribution in [1.29, 1.82) is 0 Å². The number of hydrogen-bond donors (Lipinski definition) is 2. The largest absolute Gasteiger partial charge is 0.507 e. The number of ether oxygens (including phenoxy) is 1. The summed E-state index contributed by atoms with van der Waals surface area (Å²) in [5, 5.41) is 14.1. The first-order valence-electron chi connectivity index (χ1n) is 8.38. The molecule has 3 aromatic rings. The van der Waals surface area contributed by atoms with E-state index in [1.54, 1.807) is 30.6 Å². The molecule has 0 fully saturated rings. The summed E-state index contributed by atoms with van der Waals surface area (Å²) in [6, 6.07) is 15.0. The zero-order valence-electron chi connectivity index (χ0n) is 14.5. The van der Waals surface area contributed by atoms with Crippen LogP contribution < -0.4 is 10.2 Å². The second-order valence-corrected chi connectivity index (χ2v) is 5.60. The van der Waals surface area contributed by atoms with Crippen LogP contribution in [0.2, 0.25) is 0 Å². The van der Waals surface area contributed by atoms with Gasteiger partial charge in [-0.15, -0.1) is 0 Å². The van der Waals surface area contributed by atoms with Crippen LogP contribution in [0.15, 0.2) is 66.0 Å². The Hall–Kier alpha value is -3.41. The molecule has 0 amide bonds. The molecule has 0 saturated carbocycles. The molecule has 0 atom stereocenters. The van der Waals surface area contributed by atoms with Crippen molar-refractivity contribution in [3.63, 3.8) is 0 Å². The molecule has 0 saturated heterocycles. The van der Waals surface area contributed by atoms with Crippen LogP contribution in [0.4, 0.5) is 5.95 Å². The number of phenolic OH excluding ortho intramolecular Hbond substituents is 1. The second kappa shape index (κ2) is 8.62. The van der Waals surface area contributed by atoms with Crippen LogP contribution in [0, 0.1) is 0 Å². The SMILES string of the molecule is CCCOc1ccc(C=NNc2ncc(-c3ccccc3)cn2)c(O)c1. The normalized spacial score (nSPS) is 10.8. The molecule has 2 aromatic carbocycles. The first-order valence-corrected chi connectivity index (χ1v) is 8.38. The Bertz CT molecular complexity index is 865. The van der Waals surface area contributed by atoms with Crippen LogP contribution in [-0.2, 0) is 0 Å². The monoisotopic (exact) mass is 348 g/mol. The highest BCUT2D eigenvalue weighted by molar-refractivity contribution is 5.84. The minimum absolute atomic E-state index is 0.101.